The summed E-state index contributed by atoms with van der Waals surface area (Å²) < 4.78 is 26.3. The highest BCUT2D eigenvalue weighted by Crippen LogP contribution is 2.26. The molecule has 1 unspecified atom stereocenters. The Hall–Kier alpha value is -0.740. The van der Waals surface area contributed by atoms with Gasteiger partial charge in [-0.1, -0.05) is 18.5 Å². The van der Waals surface area contributed by atoms with Crippen molar-refractivity contribution in [2.24, 2.45) is 0 Å². The Morgan fingerprint density at radius 2 is 2.15 bits per heavy atom. The van der Waals surface area contributed by atoms with E-state index in [-0.39, 0.29) is 16.0 Å². The van der Waals surface area contributed by atoms with Crippen molar-refractivity contribution in [1.82, 2.24) is 4.31 Å². The highest BCUT2D eigenvalue weighted by molar-refractivity contribution is 7.99. The minimum absolute atomic E-state index is 0.0361. The maximum Gasteiger partial charge on any atom is 0.244 e. The summed E-state index contributed by atoms with van der Waals surface area (Å²) in [5.74, 6) is 1.66. The van der Waals surface area contributed by atoms with Crippen molar-refractivity contribution in [3.05, 3.63) is 28.8 Å². The van der Waals surface area contributed by atoms with Crippen LogP contribution in [0.1, 0.15) is 19.4 Å². The van der Waals surface area contributed by atoms with Gasteiger partial charge in [0.1, 0.15) is 4.90 Å². The molecule has 0 saturated heterocycles. The molecule has 0 aliphatic heterocycles. The molecule has 0 aliphatic carbocycles. The predicted molar refractivity (Wildman–Crippen MR) is 83.6 cm³/mol. The third-order valence-corrected chi connectivity index (χ3v) is 6.48. The third kappa shape index (κ3) is 3.89. The van der Waals surface area contributed by atoms with Gasteiger partial charge in [-0.2, -0.15) is 21.3 Å². The summed E-state index contributed by atoms with van der Waals surface area (Å²) in [6.45, 7) is 3.89. The number of halogens is 1. The average molecular weight is 333 g/mol. The van der Waals surface area contributed by atoms with Crippen LogP contribution in [0, 0.1) is 11.3 Å². The lowest BCUT2D eigenvalue weighted by Gasteiger charge is -2.24. The Bertz CT molecular complexity index is 611. The summed E-state index contributed by atoms with van der Waals surface area (Å²) in [4.78, 5) is 0.0361. The van der Waals surface area contributed by atoms with Crippen LogP contribution >= 0.6 is 23.4 Å². The lowest BCUT2D eigenvalue weighted by molar-refractivity contribution is 0.415. The molecule has 20 heavy (non-hydrogen) atoms. The zero-order valence-corrected chi connectivity index (χ0v) is 14.0. The zero-order chi connectivity index (χ0) is 15.3. The van der Waals surface area contributed by atoms with E-state index in [4.69, 9.17) is 16.9 Å². The summed E-state index contributed by atoms with van der Waals surface area (Å²) >= 11 is 7.67. The molecular formula is C13H17ClN2O2S2. The molecule has 0 saturated carbocycles. The Labute approximate surface area is 129 Å². The van der Waals surface area contributed by atoms with Crippen LogP contribution in [0.15, 0.2) is 23.1 Å². The number of nitrogens with zero attached hydrogens (tertiary/aromatic N) is 2. The molecule has 110 valence electrons. The molecule has 0 spiro atoms. The van der Waals surface area contributed by atoms with Gasteiger partial charge >= 0.3 is 0 Å². The Balaban J connectivity index is 3.08. The molecule has 0 fully saturated rings. The molecule has 0 bridgehead atoms. The molecule has 0 N–H and O–H groups in total. The van der Waals surface area contributed by atoms with Crippen molar-refractivity contribution in [3.63, 3.8) is 0 Å². The van der Waals surface area contributed by atoms with Gasteiger partial charge in [0.05, 0.1) is 16.7 Å². The van der Waals surface area contributed by atoms with Crippen molar-refractivity contribution in [2.75, 3.05) is 18.6 Å². The van der Waals surface area contributed by atoms with E-state index in [9.17, 15) is 8.42 Å². The number of nitriles is 1. The summed E-state index contributed by atoms with van der Waals surface area (Å²) in [5, 5.41) is 8.85. The quantitative estimate of drug-likeness (QED) is 0.803. The van der Waals surface area contributed by atoms with Crippen molar-refractivity contribution < 1.29 is 8.42 Å². The Morgan fingerprint density at radius 3 is 2.65 bits per heavy atom. The topological polar surface area (TPSA) is 61.2 Å². The Morgan fingerprint density at radius 1 is 1.50 bits per heavy atom. The first-order valence-corrected chi connectivity index (χ1v) is 9.07. The van der Waals surface area contributed by atoms with Crippen LogP contribution < -0.4 is 0 Å². The van der Waals surface area contributed by atoms with E-state index in [1.165, 1.54) is 22.5 Å². The SMILES string of the molecule is CCSCC(C)N(C)S(=O)(=O)c1ccc(C#N)cc1Cl. The monoisotopic (exact) mass is 332 g/mol. The van der Waals surface area contributed by atoms with Crippen molar-refractivity contribution in [3.8, 4) is 6.07 Å². The van der Waals surface area contributed by atoms with Gasteiger partial charge < -0.3 is 0 Å². The molecular weight excluding hydrogens is 316 g/mol. The minimum atomic E-state index is -3.65. The van der Waals surface area contributed by atoms with E-state index in [2.05, 4.69) is 0 Å². The van der Waals surface area contributed by atoms with Crippen molar-refractivity contribution in [1.29, 1.82) is 5.26 Å². The van der Waals surface area contributed by atoms with Crippen LogP contribution in [0.25, 0.3) is 0 Å². The summed E-state index contributed by atoms with van der Waals surface area (Å²) in [6.07, 6.45) is 0. The van der Waals surface area contributed by atoms with E-state index in [0.717, 1.165) is 11.5 Å². The second-order valence-electron chi connectivity index (χ2n) is 4.29. The number of hydrogen-bond donors (Lipinski definition) is 0. The smallest absolute Gasteiger partial charge is 0.207 e. The number of benzene rings is 1. The van der Waals surface area contributed by atoms with Crippen LogP contribution in [-0.2, 0) is 10.0 Å². The first-order valence-electron chi connectivity index (χ1n) is 6.10. The fourth-order valence-electron chi connectivity index (χ4n) is 1.56. The largest absolute Gasteiger partial charge is 0.244 e. The second kappa shape index (κ2) is 7.32. The van der Waals surface area contributed by atoms with Gasteiger partial charge in [-0.05, 0) is 30.9 Å². The standard InChI is InChI=1S/C13H17ClN2O2S2/c1-4-19-9-10(2)16(3)20(17,18)13-6-5-11(8-15)7-12(13)14/h5-7,10H,4,9H2,1-3H3. The van der Waals surface area contributed by atoms with Crippen LogP contribution in [0.2, 0.25) is 5.02 Å². The molecule has 0 radical (unpaired) electrons. The maximum absolute atomic E-state index is 12.5. The molecule has 1 aromatic carbocycles. The van der Waals surface area contributed by atoms with Gasteiger partial charge in [-0.25, -0.2) is 8.42 Å². The highest BCUT2D eigenvalue weighted by atomic mass is 35.5. The van der Waals surface area contributed by atoms with E-state index in [0.29, 0.717) is 5.56 Å². The Kier molecular flexibility index (Phi) is 6.34. The molecule has 1 atom stereocenters. The van der Waals surface area contributed by atoms with E-state index in [1.54, 1.807) is 18.8 Å². The number of sulfonamides is 1. The van der Waals surface area contributed by atoms with Gasteiger partial charge in [0, 0.05) is 18.8 Å². The third-order valence-electron chi connectivity index (χ3n) is 2.90. The van der Waals surface area contributed by atoms with Gasteiger partial charge in [-0.3, -0.25) is 0 Å². The lowest BCUT2D eigenvalue weighted by Crippen LogP contribution is -2.36. The van der Waals surface area contributed by atoms with E-state index in [1.807, 2.05) is 19.9 Å². The van der Waals surface area contributed by atoms with Crippen LogP contribution in [0.3, 0.4) is 0 Å². The van der Waals surface area contributed by atoms with Crippen molar-refractivity contribution in [2.45, 2.75) is 24.8 Å². The summed E-state index contributed by atoms with van der Waals surface area (Å²) in [7, 11) is -2.10. The summed E-state index contributed by atoms with van der Waals surface area (Å²) in [6, 6.07) is 6.01. The minimum Gasteiger partial charge on any atom is -0.207 e. The maximum atomic E-state index is 12.5. The van der Waals surface area contributed by atoms with E-state index < -0.39 is 10.0 Å². The normalized spacial score (nSPS) is 13.2. The number of thioether (sulfide) groups is 1. The fourth-order valence-corrected chi connectivity index (χ4v) is 4.34. The highest BCUT2D eigenvalue weighted by Gasteiger charge is 2.27. The number of rotatable bonds is 6. The molecule has 4 nitrogen and oxygen atoms in total. The summed E-state index contributed by atoms with van der Waals surface area (Å²) in [5.41, 5.74) is 0.339. The van der Waals surface area contributed by atoms with Gasteiger partial charge in [0.15, 0.2) is 0 Å². The lowest BCUT2D eigenvalue weighted by atomic mass is 10.2. The molecule has 7 heteroatoms. The van der Waals surface area contributed by atoms with Gasteiger partial charge in [-0.15, -0.1) is 0 Å². The van der Waals surface area contributed by atoms with Gasteiger partial charge in [0.2, 0.25) is 10.0 Å². The first kappa shape index (κ1) is 17.3. The van der Waals surface area contributed by atoms with Crippen LogP contribution in [-0.4, -0.2) is 37.3 Å². The predicted octanol–water partition coefficient (Wildman–Crippen LogP) is 2.97. The van der Waals surface area contributed by atoms with Gasteiger partial charge in [0.25, 0.3) is 0 Å². The average Bonchev–Trinajstić information content (AvgIpc) is 2.43. The fraction of sp³-hybridized carbons (Fsp3) is 0.462. The van der Waals surface area contributed by atoms with Crippen LogP contribution in [0.4, 0.5) is 0 Å². The van der Waals surface area contributed by atoms with Crippen LogP contribution in [0.5, 0.6) is 0 Å². The molecule has 0 heterocycles. The molecule has 0 amide bonds. The first-order chi connectivity index (χ1) is 9.34. The molecule has 1 rings (SSSR count). The van der Waals surface area contributed by atoms with E-state index >= 15 is 0 Å². The molecule has 1 aromatic rings. The zero-order valence-electron chi connectivity index (χ0n) is 11.6. The molecule has 0 aromatic heterocycles. The molecule has 0 aliphatic rings. The number of hydrogen-bond acceptors (Lipinski definition) is 4. The van der Waals surface area contributed by atoms with Crippen molar-refractivity contribution >= 4 is 33.4 Å². The second-order valence-corrected chi connectivity index (χ2v) is 7.98.